The molecule has 0 aromatic carbocycles. The molecule has 0 aliphatic carbocycles. The highest BCUT2D eigenvalue weighted by atomic mass is 79.9. The first kappa shape index (κ1) is 16.9. The molecule has 0 unspecified atom stereocenters. The molecule has 2 aromatic heterocycles. The van der Waals surface area contributed by atoms with Gasteiger partial charge in [0.2, 0.25) is 0 Å². The van der Waals surface area contributed by atoms with Crippen LogP contribution in [0.5, 0.6) is 0 Å². The number of anilines is 1. The van der Waals surface area contributed by atoms with Crippen molar-refractivity contribution in [3.05, 3.63) is 29.1 Å². The molecule has 118 valence electrons. The molecule has 7 heteroatoms. The molecular formula is C15H18BrN3O2S. The second-order valence-electron chi connectivity index (χ2n) is 5.58. The van der Waals surface area contributed by atoms with Gasteiger partial charge in [-0.1, -0.05) is 11.3 Å². The Kier molecular flexibility index (Phi) is 5.18. The fraction of sp³-hybridized carbons (Fsp3) is 0.400. The molecule has 0 bridgehead atoms. The number of amides is 1. The van der Waals surface area contributed by atoms with E-state index in [-0.39, 0.29) is 6.09 Å². The van der Waals surface area contributed by atoms with E-state index >= 15 is 0 Å². The summed E-state index contributed by atoms with van der Waals surface area (Å²) in [5, 5.41) is 1.53. The molecule has 0 spiro atoms. The maximum Gasteiger partial charge on any atom is 0.415 e. The number of carbonyl (C=O) groups is 1. The lowest BCUT2D eigenvalue weighted by atomic mass is 10.2. The third-order valence-corrected chi connectivity index (χ3v) is 4.60. The number of aromatic nitrogens is 2. The molecule has 0 aliphatic rings. The number of halogens is 1. The van der Waals surface area contributed by atoms with Crippen molar-refractivity contribution in [3.8, 4) is 10.6 Å². The van der Waals surface area contributed by atoms with Crippen LogP contribution in [0.3, 0.4) is 0 Å². The van der Waals surface area contributed by atoms with Crippen LogP contribution in [0, 0.1) is 0 Å². The summed E-state index contributed by atoms with van der Waals surface area (Å²) >= 11 is 4.86. The lowest BCUT2D eigenvalue weighted by Crippen LogP contribution is -2.36. The lowest BCUT2D eigenvalue weighted by molar-refractivity contribution is 0.0583. The van der Waals surface area contributed by atoms with Crippen LogP contribution in [0.25, 0.3) is 10.6 Å². The van der Waals surface area contributed by atoms with Gasteiger partial charge in [0.05, 0.1) is 0 Å². The van der Waals surface area contributed by atoms with Crippen molar-refractivity contribution < 1.29 is 9.53 Å². The monoisotopic (exact) mass is 383 g/mol. The van der Waals surface area contributed by atoms with Crippen LogP contribution in [0.1, 0.15) is 27.7 Å². The van der Waals surface area contributed by atoms with Crippen LogP contribution in [0.2, 0.25) is 0 Å². The minimum atomic E-state index is -0.534. The second-order valence-corrected chi connectivity index (χ2v) is 7.31. The van der Waals surface area contributed by atoms with Gasteiger partial charge in [-0.05, 0) is 55.8 Å². The quantitative estimate of drug-likeness (QED) is 0.768. The van der Waals surface area contributed by atoms with E-state index in [0.717, 1.165) is 15.6 Å². The van der Waals surface area contributed by atoms with Gasteiger partial charge in [-0.25, -0.2) is 9.78 Å². The molecular weight excluding hydrogens is 366 g/mol. The lowest BCUT2D eigenvalue weighted by Gasteiger charge is -2.25. The van der Waals surface area contributed by atoms with Crippen LogP contribution < -0.4 is 4.90 Å². The Bertz CT molecular complexity index is 653. The van der Waals surface area contributed by atoms with Crippen molar-refractivity contribution in [3.63, 3.8) is 0 Å². The largest absolute Gasteiger partial charge is 0.443 e. The van der Waals surface area contributed by atoms with Gasteiger partial charge < -0.3 is 4.74 Å². The number of ether oxygens (including phenoxy) is 1. The zero-order chi connectivity index (χ0) is 16.3. The van der Waals surface area contributed by atoms with Crippen LogP contribution in [-0.2, 0) is 4.74 Å². The van der Waals surface area contributed by atoms with Crippen molar-refractivity contribution in [2.75, 3.05) is 11.4 Å². The number of hydrogen-bond acceptors (Lipinski definition) is 5. The Labute approximate surface area is 142 Å². The molecule has 22 heavy (non-hydrogen) atoms. The van der Waals surface area contributed by atoms with Gasteiger partial charge in [-0.15, -0.1) is 0 Å². The average molecular weight is 384 g/mol. The summed E-state index contributed by atoms with van der Waals surface area (Å²) in [6, 6.07) is 3.79. The highest BCUT2D eigenvalue weighted by Gasteiger charge is 2.26. The maximum absolute atomic E-state index is 12.3. The number of pyridine rings is 1. The van der Waals surface area contributed by atoms with E-state index in [4.69, 9.17) is 4.74 Å². The number of nitrogens with zero attached hydrogens (tertiary/aromatic N) is 3. The van der Waals surface area contributed by atoms with Crippen molar-refractivity contribution in [1.82, 2.24) is 9.97 Å². The second kappa shape index (κ2) is 6.75. The SMILES string of the molecule is CCN(C(=O)OC(C)(C)C)c1sc(-c2cccnc2)nc1Br. The third-order valence-electron chi connectivity index (χ3n) is 2.65. The van der Waals surface area contributed by atoms with E-state index in [0.29, 0.717) is 11.1 Å². The minimum Gasteiger partial charge on any atom is -0.443 e. The summed E-state index contributed by atoms with van der Waals surface area (Å²) in [6.45, 7) is 7.95. The zero-order valence-corrected chi connectivity index (χ0v) is 15.4. The molecule has 1 amide bonds. The smallest absolute Gasteiger partial charge is 0.415 e. The molecule has 5 nitrogen and oxygen atoms in total. The predicted octanol–water partition coefficient (Wildman–Crippen LogP) is 4.73. The summed E-state index contributed by atoms with van der Waals surface area (Å²) in [6.07, 6.45) is 3.09. The van der Waals surface area contributed by atoms with Crippen LogP contribution in [0.15, 0.2) is 29.1 Å². The molecule has 2 heterocycles. The van der Waals surface area contributed by atoms with Crippen molar-refractivity contribution >= 4 is 38.4 Å². The molecule has 0 N–H and O–H groups in total. The van der Waals surface area contributed by atoms with Gasteiger partial charge in [0.25, 0.3) is 0 Å². The fourth-order valence-corrected chi connectivity index (χ4v) is 3.50. The first-order valence-corrected chi connectivity index (χ1v) is 8.50. The molecule has 0 fully saturated rings. The molecule has 2 rings (SSSR count). The van der Waals surface area contributed by atoms with Crippen molar-refractivity contribution in [2.45, 2.75) is 33.3 Å². The first-order chi connectivity index (χ1) is 10.3. The summed E-state index contributed by atoms with van der Waals surface area (Å²) in [5.41, 5.74) is 0.383. The van der Waals surface area contributed by atoms with E-state index < -0.39 is 5.60 Å². The number of hydrogen-bond donors (Lipinski definition) is 0. The van der Waals surface area contributed by atoms with Gasteiger partial charge in [0.1, 0.15) is 20.2 Å². The molecule has 0 radical (unpaired) electrons. The van der Waals surface area contributed by atoms with Crippen LogP contribution in [-0.4, -0.2) is 28.2 Å². The van der Waals surface area contributed by atoms with E-state index in [1.807, 2.05) is 39.8 Å². The molecule has 2 aromatic rings. The van der Waals surface area contributed by atoms with E-state index in [1.54, 1.807) is 17.3 Å². The third kappa shape index (κ3) is 4.04. The summed E-state index contributed by atoms with van der Waals surface area (Å²) in [5.74, 6) is 0. The molecule has 0 aliphatic heterocycles. The van der Waals surface area contributed by atoms with Gasteiger partial charge in [-0.2, -0.15) is 0 Å². The van der Waals surface area contributed by atoms with Gasteiger partial charge in [0, 0.05) is 24.5 Å². The normalized spacial score (nSPS) is 11.3. The Hall–Kier alpha value is -1.47. The van der Waals surface area contributed by atoms with Crippen molar-refractivity contribution in [2.24, 2.45) is 0 Å². The summed E-state index contributed by atoms with van der Waals surface area (Å²) in [7, 11) is 0. The first-order valence-electron chi connectivity index (χ1n) is 6.89. The van der Waals surface area contributed by atoms with Crippen LogP contribution >= 0.6 is 27.3 Å². The number of carbonyl (C=O) groups excluding carboxylic acids is 1. The topological polar surface area (TPSA) is 55.3 Å². The maximum atomic E-state index is 12.3. The van der Waals surface area contributed by atoms with Crippen LogP contribution in [0.4, 0.5) is 9.80 Å². The predicted molar refractivity (Wildman–Crippen MR) is 92.3 cm³/mol. The number of thiazole rings is 1. The Morgan fingerprint density at radius 3 is 2.73 bits per heavy atom. The highest BCUT2D eigenvalue weighted by molar-refractivity contribution is 9.10. The molecule has 0 atom stereocenters. The molecule has 0 saturated carbocycles. The van der Waals surface area contributed by atoms with E-state index in [1.165, 1.54) is 11.3 Å². The Balaban J connectivity index is 2.31. The van der Waals surface area contributed by atoms with Crippen molar-refractivity contribution in [1.29, 1.82) is 0 Å². The van der Waals surface area contributed by atoms with E-state index in [9.17, 15) is 4.79 Å². The Morgan fingerprint density at radius 2 is 2.18 bits per heavy atom. The molecule has 0 saturated heterocycles. The highest BCUT2D eigenvalue weighted by Crippen LogP contribution is 2.38. The summed E-state index contributed by atoms with van der Waals surface area (Å²) < 4.78 is 6.08. The van der Waals surface area contributed by atoms with Gasteiger partial charge in [-0.3, -0.25) is 9.88 Å². The standard InChI is InChI=1S/C15H18BrN3O2S/c1-5-19(14(20)21-15(2,3)4)13-11(16)18-12(22-13)10-7-6-8-17-9-10/h6-9H,5H2,1-4H3. The number of rotatable bonds is 3. The van der Waals surface area contributed by atoms with E-state index in [2.05, 4.69) is 25.9 Å². The minimum absolute atomic E-state index is 0.378. The fourth-order valence-electron chi connectivity index (χ4n) is 1.75. The average Bonchev–Trinajstić information content (AvgIpc) is 2.81. The van der Waals surface area contributed by atoms with Gasteiger partial charge in [0.15, 0.2) is 0 Å². The zero-order valence-electron chi connectivity index (χ0n) is 13.0. The summed E-state index contributed by atoms with van der Waals surface area (Å²) in [4.78, 5) is 22.5. The Morgan fingerprint density at radius 1 is 1.45 bits per heavy atom. The van der Waals surface area contributed by atoms with Gasteiger partial charge >= 0.3 is 6.09 Å².